The summed E-state index contributed by atoms with van der Waals surface area (Å²) in [5.74, 6) is -0.219. The molecular weight excluding hydrogens is 673 g/mol. The van der Waals surface area contributed by atoms with Crippen molar-refractivity contribution in [2.24, 2.45) is 14.1 Å². The molecule has 1 unspecified atom stereocenters. The summed E-state index contributed by atoms with van der Waals surface area (Å²) in [6, 6.07) is 14.9. The average molecular weight is 713 g/mol. The lowest BCUT2D eigenvalue weighted by atomic mass is 9.98. The summed E-state index contributed by atoms with van der Waals surface area (Å²) in [5.41, 5.74) is 8.63. The van der Waals surface area contributed by atoms with Gasteiger partial charge in [-0.3, -0.25) is 14.4 Å². The van der Waals surface area contributed by atoms with Crippen molar-refractivity contribution in [2.45, 2.75) is 53.5 Å². The van der Waals surface area contributed by atoms with Crippen LogP contribution in [0.3, 0.4) is 0 Å². The van der Waals surface area contributed by atoms with Gasteiger partial charge in [0, 0.05) is 59.3 Å². The van der Waals surface area contributed by atoms with Crippen molar-refractivity contribution in [3.8, 4) is 16.9 Å². The largest absolute Gasteiger partial charge is 0.494 e. The fraction of sp³-hybridized carbons (Fsp3) is 0.308. The van der Waals surface area contributed by atoms with Crippen LogP contribution in [0.2, 0.25) is 10.0 Å². The Bertz CT molecular complexity index is 2360. The van der Waals surface area contributed by atoms with Crippen LogP contribution in [0.15, 0.2) is 48.5 Å². The molecule has 258 valence electrons. The first-order valence-electron chi connectivity index (χ1n) is 16.7. The van der Waals surface area contributed by atoms with E-state index in [2.05, 4.69) is 11.5 Å². The molecule has 0 saturated carbocycles. The second kappa shape index (κ2) is 12.5. The maximum absolute atomic E-state index is 15.0. The molecule has 1 aliphatic rings. The minimum atomic E-state index is -1.08. The van der Waals surface area contributed by atoms with Gasteiger partial charge in [0.15, 0.2) is 0 Å². The zero-order valence-corrected chi connectivity index (χ0v) is 30.7. The Hall–Kier alpha value is -4.73. The summed E-state index contributed by atoms with van der Waals surface area (Å²) in [4.78, 5) is 29.4. The highest BCUT2D eigenvalue weighted by Crippen LogP contribution is 2.46. The predicted octanol–water partition coefficient (Wildman–Crippen LogP) is 9.01. The number of aromatic carboxylic acids is 1. The first kappa shape index (κ1) is 33.8. The van der Waals surface area contributed by atoms with Gasteiger partial charge in [0.25, 0.3) is 5.91 Å². The summed E-state index contributed by atoms with van der Waals surface area (Å²) in [5, 5.41) is 18.0. The molecule has 3 aromatic heterocycles. The van der Waals surface area contributed by atoms with Gasteiger partial charge in [0.2, 0.25) is 0 Å². The highest BCUT2D eigenvalue weighted by Gasteiger charge is 2.39. The summed E-state index contributed by atoms with van der Waals surface area (Å²) in [6.45, 7) is 10.7. The van der Waals surface area contributed by atoms with Crippen molar-refractivity contribution in [1.29, 1.82) is 0 Å². The van der Waals surface area contributed by atoms with Gasteiger partial charge >= 0.3 is 5.97 Å². The summed E-state index contributed by atoms with van der Waals surface area (Å²) in [6.07, 6.45) is 1.18. The minimum absolute atomic E-state index is 0.113. The Balaban J connectivity index is 1.40. The number of amides is 1. The topological polar surface area (TPSA) is 94.5 Å². The van der Waals surface area contributed by atoms with Crippen molar-refractivity contribution >= 4 is 62.7 Å². The van der Waals surface area contributed by atoms with Gasteiger partial charge in [-0.2, -0.15) is 5.10 Å². The number of rotatable bonds is 8. The molecule has 0 fully saturated rings. The van der Waals surface area contributed by atoms with Crippen LogP contribution in [0.4, 0.5) is 5.82 Å². The summed E-state index contributed by atoms with van der Waals surface area (Å²) in [7, 11) is 3.73. The number of aryl methyl sites for hydroxylation is 6. The number of hydrogen-bond donors (Lipinski definition) is 1. The second-order valence-corrected chi connectivity index (χ2v) is 14.1. The van der Waals surface area contributed by atoms with Gasteiger partial charge in [-0.15, -0.1) is 0 Å². The molecule has 7 rings (SSSR count). The number of carboxylic acid groups (broad SMARTS) is 1. The van der Waals surface area contributed by atoms with E-state index in [1.54, 1.807) is 11.0 Å². The number of para-hydroxylation sites is 1. The molecule has 1 N–H and O–H groups in total. The number of fused-ring (bicyclic) bond motifs is 4. The number of hydrogen-bond acceptors (Lipinski definition) is 4. The van der Waals surface area contributed by atoms with Crippen LogP contribution in [-0.4, -0.2) is 49.0 Å². The van der Waals surface area contributed by atoms with Crippen LogP contribution < -0.4 is 9.64 Å². The van der Waals surface area contributed by atoms with Gasteiger partial charge in [-0.1, -0.05) is 47.5 Å². The van der Waals surface area contributed by atoms with E-state index in [1.165, 1.54) is 0 Å². The molecule has 11 heteroatoms. The fourth-order valence-electron chi connectivity index (χ4n) is 7.82. The van der Waals surface area contributed by atoms with Crippen molar-refractivity contribution in [1.82, 2.24) is 18.9 Å². The fourth-order valence-corrected chi connectivity index (χ4v) is 8.17. The number of aromatic nitrogens is 4. The third-order valence-electron chi connectivity index (χ3n) is 10.1. The molecule has 4 heterocycles. The third-order valence-corrected chi connectivity index (χ3v) is 11.0. The van der Waals surface area contributed by atoms with Gasteiger partial charge in [0.05, 0.1) is 28.4 Å². The van der Waals surface area contributed by atoms with E-state index in [-0.39, 0.29) is 24.1 Å². The SMILES string of the molecule is Cc1cc(OCCCc2c3n(c4c(-c5c(C)nn(C)c5C)c(Cl)ccc24)C(C)CN(c2c(C(=O)O)c4ccccc4n2C)C3=O)cc(C)c1Cl. The number of anilines is 1. The highest BCUT2D eigenvalue weighted by molar-refractivity contribution is 6.35. The van der Waals surface area contributed by atoms with Gasteiger partial charge in [-0.25, -0.2) is 4.79 Å². The molecule has 0 bridgehead atoms. The number of benzene rings is 3. The van der Waals surface area contributed by atoms with E-state index in [0.29, 0.717) is 41.4 Å². The van der Waals surface area contributed by atoms with Crippen molar-refractivity contribution in [2.75, 3.05) is 18.1 Å². The van der Waals surface area contributed by atoms with Gasteiger partial charge in [-0.05, 0) is 88.4 Å². The molecule has 9 nitrogen and oxygen atoms in total. The maximum Gasteiger partial charge on any atom is 0.340 e. The van der Waals surface area contributed by atoms with Gasteiger partial charge < -0.3 is 19.0 Å². The number of ether oxygens (including phenoxy) is 1. The lowest BCUT2D eigenvalue weighted by Gasteiger charge is -2.34. The molecule has 1 aliphatic heterocycles. The van der Waals surface area contributed by atoms with Crippen LogP contribution in [0, 0.1) is 27.7 Å². The van der Waals surface area contributed by atoms with Crippen LogP contribution in [0.25, 0.3) is 32.9 Å². The zero-order valence-electron chi connectivity index (χ0n) is 29.2. The Morgan fingerprint density at radius 2 is 1.70 bits per heavy atom. The molecule has 3 aromatic carbocycles. The van der Waals surface area contributed by atoms with Crippen LogP contribution >= 0.6 is 23.2 Å². The Kier molecular flexibility index (Phi) is 8.47. The van der Waals surface area contributed by atoms with Crippen LogP contribution in [0.5, 0.6) is 5.75 Å². The van der Waals surface area contributed by atoms with E-state index in [9.17, 15) is 14.7 Å². The molecule has 1 atom stereocenters. The standard InChI is InChI=1S/C39H39Cl2N5O4/c1-20-17-25(18-21(2)34(20)41)50-16-10-12-26-27-14-15-29(40)33(31-23(4)42-44(7)24(31)5)35(27)46-22(3)19-45(38(47)36(26)46)37-32(39(48)49)28-11-8-9-13-30(28)43(37)6/h8-9,11,13-15,17-18,22H,10,12,16,19H2,1-7H3,(H,48,49). The zero-order chi connectivity index (χ0) is 35.8. The molecular formula is C39H39Cl2N5O4. The van der Waals surface area contributed by atoms with Crippen molar-refractivity contribution in [3.63, 3.8) is 0 Å². The molecule has 0 radical (unpaired) electrons. The average Bonchev–Trinajstić information content (AvgIpc) is 3.66. The normalized spacial score (nSPS) is 14.6. The van der Waals surface area contributed by atoms with E-state index in [0.717, 1.165) is 66.4 Å². The van der Waals surface area contributed by atoms with Crippen LogP contribution in [-0.2, 0) is 20.5 Å². The molecule has 50 heavy (non-hydrogen) atoms. The maximum atomic E-state index is 15.0. The number of carboxylic acids is 1. The molecule has 6 aromatic rings. The van der Waals surface area contributed by atoms with Crippen molar-refractivity contribution in [3.05, 3.63) is 97.9 Å². The quantitative estimate of drug-likeness (QED) is 0.159. The van der Waals surface area contributed by atoms with E-state index < -0.39 is 5.97 Å². The first-order chi connectivity index (χ1) is 23.8. The van der Waals surface area contributed by atoms with E-state index >= 15 is 0 Å². The minimum Gasteiger partial charge on any atom is -0.494 e. The molecule has 0 spiro atoms. The van der Waals surface area contributed by atoms with E-state index in [4.69, 9.17) is 33.0 Å². The number of nitrogens with zero attached hydrogens (tertiary/aromatic N) is 5. The number of carbonyl (C=O) groups excluding carboxylic acids is 1. The highest BCUT2D eigenvalue weighted by atomic mass is 35.5. The molecule has 0 aliphatic carbocycles. The lowest BCUT2D eigenvalue weighted by Crippen LogP contribution is -2.44. The molecule has 1 amide bonds. The van der Waals surface area contributed by atoms with Gasteiger partial charge in [0.1, 0.15) is 22.8 Å². The van der Waals surface area contributed by atoms with Crippen LogP contribution in [0.1, 0.15) is 68.3 Å². The second-order valence-electron chi connectivity index (χ2n) is 13.4. The Labute approximate surface area is 300 Å². The predicted molar refractivity (Wildman–Crippen MR) is 200 cm³/mol. The third kappa shape index (κ3) is 5.17. The number of halogens is 2. The van der Waals surface area contributed by atoms with E-state index in [1.807, 2.05) is 93.5 Å². The summed E-state index contributed by atoms with van der Waals surface area (Å²) < 4.78 is 12.0. The first-order valence-corrected chi connectivity index (χ1v) is 17.4. The molecule has 0 saturated heterocycles. The lowest BCUT2D eigenvalue weighted by molar-refractivity contribution is 0.0699. The summed E-state index contributed by atoms with van der Waals surface area (Å²) >= 11 is 13.4. The smallest absolute Gasteiger partial charge is 0.340 e. The Morgan fingerprint density at radius 3 is 2.36 bits per heavy atom. The monoisotopic (exact) mass is 711 g/mol. The number of carbonyl (C=O) groups is 2. The Morgan fingerprint density at radius 1 is 1.00 bits per heavy atom. The van der Waals surface area contributed by atoms with Crippen molar-refractivity contribution < 1.29 is 19.4 Å².